The number of carbonyl (C=O) groups excluding carboxylic acids is 2. The van der Waals surface area contributed by atoms with E-state index in [0.717, 1.165) is 0 Å². The van der Waals surface area contributed by atoms with Crippen LogP contribution in [-0.4, -0.2) is 39.3 Å². The number of aryl methyl sites for hydroxylation is 1. The number of hydrogen-bond donors (Lipinski definition) is 3. The number of carboxylic acids is 1. The number of aromatic amines is 1. The molecule has 0 aliphatic rings. The summed E-state index contributed by atoms with van der Waals surface area (Å²) < 4.78 is 0. The zero-order chi connectivity index (χ0) is 17.1. The molecule has 7 nitrogen and oxygen atoms in total. The number of thiazole rings is 1. The Morgan fingerprint density at radius 1 is 1.35 bits per heavy atom. The summed E-state index contributed by atoms with van der Waals surface area (Å²) in [7, 11) is 0. The van der Waals surface area contributed by atoms with Gasteiger partial charge in [-0.3, -0.25) is 9.59 Å². The molecule has 0 fully saturated rings. The van der Waals surface area contributed by atoms with Gasteiger partial charge in [0.1, 0.15) is 5.69 Å². The average Bonchev–Trinajstić information content (AvgIpc) is 3.03. The number of hydrogen-bond acceptors (Lipinski definition) is 5. The normalized spacial score (nSPS) is 10.6. The molecule has 0 atom stereocenters. The van der Waals surface area contributed by atoms with Crippen molar-refractivity contribution in [3.63, 3.8) is 0 Å². The fourth-order valence-corrected chi connectivity index (χ4v) is 3.17. The smallest absolute Gasteiger partial charge is 0.355 e. The summed E-state index contributed by atoms with van der Waals surface area (Å²) in [5, 5.41) is 13.7. The minimum absolute atomic E-state index is 0.0123. The van der Waals surface area contributed by atoms with Crippen molar-refractivity contribution < 1.29 is 19.5 Å². The van der Waals surface area contributed by atoms with Gasteiger partial charge < -0.3 is 15.4 Å². The zero-order valence-electron chi connectivity index (χ0n) is 13.0. The standard InChI is InChI=1S/C15H17N3O4S/c1-7-12(9(3)19)8(2)17-13(7)14(20)16-5-4-11-18-10(6-23-11)15(21)22/h6,17H,4-5H2,1-3H3,(H,16,20)(H,21,22). The van der Waals surface area contributed by atoms with Crippen molar-refractivity contribution in [1.29, 1.82) is 0 Å². The van der Waals surface area contributed by atoms with Crippen LogP contribution in [-0.2, 0) is 6.42 Å². The number of aromatic nitrogens is 2. The molecule has 0 spiro atoms. The van der Waals surface area contributed by atoms with Crippen LogP contribution in [0.2, 0.25) is 0 Å². The van der Waals surface area contributed by atoms with Crippen LogP contribution >= 0.6 is 11.3 Å². The fraction of sp³-hybridized carbons (Fsp3) is 0.333. The van der Waals surface area contributed by atoms with Gasteiger partial charge in [0.25, 0.3) is 5.91 Å². The van der Waals surface area contributed by atoms with Crippen LogP contribution in [0.4, 0.5) is 0 Å². The first-order valence-corrected chi connectivity index (χ1v) is 7.85. The number of amides is 1. The third kappa shape index (κ3) is 3.65. The predicted octanol–water partition coefficient (Wildman–Crippen LogP) is 1.96. The molecule has 0 bridgehead atoms. The molecular formula is C15H17N3O4S. The Hall–Kier alpha value is -2.48. The third-order valence-electron chi connectivity index (χ3n) is 3.41. The Bertz CT molecular complexity index is 776. The molecule has 0 aromatic carbocycles. The number of aromatic carboxylic acids is 1. The van der Waals surface area contributed by atoms with Crippen LogP contribution in [0.1, 0.15) is 54.5 Å². The average molecular weight is 335 g/mol. The largest absolute Gasteiger partial charge is 0.476 e. The van der Waals surface area contributed by atoms with Gasteiger partial charge in [-0.25, -0.2) is 9.78 Å². The summed E-state index contributed by atoms with van der Waals surface area (Å²) in [6.07, 6.45) is 0.446. The molecule has 2 heterocycles. The molecule has 2 rings (SSSR count). The molecule has 2 aromatic rings. The molecular weight excluding hydrogens is 318 g/mol. The molecule has 1 amide bonds. The van der Waals surface area contributed by atoms with Gasteiger partial charge in [-0.1, -0.05) is 0 Å². The minimum atomic E-state index is -1.06. The van der Waals surface area contributed by atoms with Gasteiger partial charge in [-0.15, -0.1) is 11.3 Å². The van der Waals surface area contributed by atoms with E-state index in [-0.39, 0.29) is 17.4 Å². The van der Waals surface area contributed by atoms with E-state index in [1.54, 1.807) is 13.8 Å². The van der Waals surface area contributed by atoms with E-state index >= 15 is 0 Å². The number of carbonyl (C=O) groups is 3. The van der Waals surface area contributed by atoms with Gasteiger partial charge in [0, 0.05) is 29.6 Å². The highest BCUT2D eigenvalue weighted by molar-refractivity contribution is 7.09. The van der Waals surface area contributed by atoms with Crippen molar-refractivity contribution in [1.82, 2.24) is 15.3 Å². The van der Waals surface area contributed by atoms with Crippen LogP contribution in [0.25, 0.3) is 0 Å². The molecule has 2 aromatic heterocycles. The lowest BCUT2D eigenvalue weighted by atomic mass is 10.1. The molecule has 0 radical (unpaired) electrons. The summed E-state index contributed by atoms with van der Waals surface area (Å²) in [4.78, 5) is 41.4. The summed E-state index contributed by atoms with van der Waals surface area (Å²) in [6, 6.07) is 0. The van der Waals surface area contributed by atoms with E-state index in [2.05, 4.69) is 15.3 Å². The fourth-order valence-electron chi connectivity index (χ4n) is 2.40. The summed E-state index contributed by atoms with van der Waals surface area (Å²) in [6.45, 7) is 5.28. The van der Waals surface area contributed by atoms with Crippen molar-refractivity contribution in [3.8, 4) is 0 Å². The number of ketones is 1. The van der Waals surface area contributed by atoms with E-state index in [4.69, 9.17) is 5.11 Å². The van der Waals surface area contributed by atoms with Gasteiger partial charge in [-0.2, -0.15) is 0 Å². The van der Waals surface area contributed by atoms with Gasteiger partial charge in [0.2, 0.25) is 0 Å². The van der Waals surface area contributed by atoms with Crippen LogP contribution in [0, 0.1) is 13.8 Å². The second-order valence-electron chi connectivity index (χ2n) is 5.12. The molecule has 23 heavy (non-hydrogen) atoms. The minimum Gasteiger partial charge on any atom is -0.476 e. The predicted molar refractivity (Wildman–Crippen MR) is 85.4 cm³/mol. The Morgan fingerprint density at radius 2 is 2.04 bits per heavy atom. The van der Waals surface area contributed by atoms with E-state index < -0.39 is 5.97 Å². The van der Waals surface area contributed by atoms with E-state index in [9.17, 15) is 14.4 Å². The van der Waals surface area contributed by atoms with Gasteiger partial charge in [0.05, 0.1) is 5.01 Å². The summed E-state index contributed by atoms with van der Waals surface area (Å²) >= 11 is 1.24. The van der Waals surface area contributed by atoms with Gasteiger partial charge >= 0.3 is 5.97 Å². The van der Waals surface area contributed by atoms with Gasteiger partial charge in [-0.05, 0) is 26.3 Å². The van der Waals surface area contributed by atoms with E-state index in [1.807, 2.05) is 0 Å². The molecule has 0 saturated heterocycles. The lowest BCUT2D eigenvalue weighted by Gasteiger charge is -2.03. The van der Waals surface area contributed by atoms with Crippen LogP contribution in [0.3, 0.4) is 0 Å². The van der Waals surface area contributed by atoms with Crippen LogP contribution < -0.4 is 5.32 Å². The highest BCUT2D eigenvalue weighted by Gasteiger charge is 2.19. The Balaban J connectivity index is 1.98. The SMILES string of the molecule is CC(=O)c1c(C)[nH]c(C(=O)NCCc2nc(C(=O)O)cs2)c1C. The van der Waals surface area contributed by atoms with Crippen molar-refractivity contribution >= 4 is 29.0 Å². The molecule has 122 valence electrons. The van der Waals surface area contributed by atoms with Crippen LogP contribution in [0.5, 0.6) is 0 Å². The Labute approximate surface area is 136 Å². The topological polar surface area (TPSA) is 112 Å². The van der Waals surface area contributed by atoms with Crippen molar-refractivity contribution in [2.24, 2.45) is 0 Å². The Kier molecular flexibility index (Phi) is 4.95. The maximum atomic E-state index is 12.2. The maximum Gasteiger partial charge on any atom is 0.355 e. The summed E-state index contributed by atoms with van der Waals surface area (Å²) in [5.41, 5.74) is 2.23. The monoisotopic (exact) mass is 335 g/mol. The molecule has 3 N–H and O–H groups in total. The summed E-state index contributed by atoms with van der Waals surface area (Å²) in [5.74, 6) is -1.45. The molecule has 0 aliphatic carbocycles. The molecule has 0 saturated carbocycles. The lowest BCUT2D eigenvalue weighted by Crippen LogP contribution is -2.26. The van der Waals surface area contributed by atoms with Crippen molar-refractivity contribution in [2.45, 2.75) is 27.2 Å². The lowest BCUT2D eigenvalue weighted by molar-refractivity contribution is 0.0690. The van der Waals surface area contributed by atoms with Crippen molar-refractivity contribution in [3.05, 3.63) is 38.6 Å². The first-order chi connectivity index (χ1) is 10.8. The maximum absolute atomic E-state index is 12.2. The second kappa shape index (κ2) is 6.74. The van der Waals surface area contributed by atoms with E-state index in [0.29, 0.717) is 40.5 Å². The number of Topliss-reactive ketones (excluding diaryl/α,β-unsaturated/α-hetero) is 1. The Morgan fingerprint density at radius 3 is 2.57 bits per heavy atom. The van der Waals surface area contributed by atoms with Crippen LogP contribution in [0.15, 0.2) is 5.38 Å². The number of nitrogens with one attached hydrogen (secondary N) is 2. The van der Waals surface area contributed by atoms with Gasteiger partial charge in [0.15, 0.2) is 11.5 Å². The molecule has 0 unspecified atom stereocenters. The third-order valence-corrected chi connectivity index (χ3v) is 4.32. The van der Waals surface area contributed by atoms with E-state index in [1.165, 1.54) is 23.6 Å². The quantitative estimate of drug-likeness (QED) is 0.699. The number of H-pyrrole nitrogens is 1. The number of rotatable bonds is 6. The zero-order valence-corrected chi connectivity index (χ0v) is 13.8. The molecule has 8 heteroatoms. The molecule has 0 aliphatic heterocycles. The number of carboxylic acid groups (broad SMARTS) is 1. The number of nitrogens with zero attached hydrogens (tertiary/aromatic N) is 1. The first-order valence-electron chi connectivity index (χ1n) is 6.97. The van der Waals surface area contributed by atoms with Crippen molar-refractivity contribution in [2.75, 3.05) is 6.54 Å². The first kappa shape index (κ1) is 16.9. The highest BCUT2D eigenvalue weighted by atomic mass is 32.1. The second-order valence-corrected chi connectivity index (χ2v) is 6.06. The highest BCUT2D eigenvalue weighted by Crippen LogP contribution is 2.18.